The molecule has 37 heavy (non-hydrogen) atoms. The lowest BCUT2D eigenvalue weighted by Crippen LogP contribution is -2.22. The van der Waals surface area contributed by atoms with Crippen LogP contribution in [-0.2, 0) is 6.54 Å². The number of nitrogen functional groups attached to an aromatic ring is 1. The number of fused-ring (bicyclic) bond motifs is 1. The highest BCUT2D eigenvalue weighted by molar-refractivity contribution is 7.21. The van der Waals surface area contributed by atoms with E-state index in [4.69, 9.17) is 20.2 Å². The van der Waals surface area contributed by atoms with Crippen molar-refractivity contribution in [2.75, 3.05) is 20.0 Å². The van der Waals surface area contributed by atoms with Crippen LogP contribution < -0.4 is 20.5 Å². The predicted molar refractivity (Wildman–Crippen MR) is 150 cm³/mol. The van der Waals surface area contributed by atoms with Gasteiger partial charge in [0.15, 0.2) is 0 Å². The van der Waals surface area contributed by atoms with Crippen LogP contribution in [0.15, 0.2) is 78.9 Å². The van der Waals surface area contributed by atoms with E-state index in [2.05, 4.69) is 5.32 Å². The minimum Gasteiger partial charge on any atom is -0.497 e. The first-order chi connectivity index (χ1) is 18.0. The number of aryl methyl sites for hydroxylation is 1. The van der Waals surface area contributed by atoms with Gasteiger partial charge in [0, 0.05) is 28.6 Å². The van der Waals surface area contributed by atoms with Gasteiger partial charge < -0.3 is 20.5 Å². The van der Waals surface area contributed by atoms with E-state index in [1.807, 2.05) is 85.8 Å². The van der Waals surface area contributed by atoms with Crippen molar-refractivity contribution in [1.82, 2.24) is 10.3 Å². The number of ether oxygens (including phenoxy) is 2. The summed E-state index contributed by atoms with van der Waals surface area (Å²) in [5.74, 6) is 1.13. The van der Waals surface area contributed by atoms with Crippen LogP contribution in [0.1, 0.15) is 20.8 Å². The molecule has 3 aromatic carbocycles. The van der Waals surface area contributed by atoms with Crippen LogP contribution in [0.3, 0.4) is 0 Å². The van der Waals surface area contributed by atoms with Crippen molar-refractivity contribution >= 4 is 33.1 Å². The number of thiophene rings is 1. The largest absolute Gasteiger partial charge is 0.497 e. The Labute approximate surface area is 219 Å². The lowest BCUT2D eigenvalue weighted by atomic mass is 9.98. The average molecular weight is 510 g/mol. The summed E-state index contributed by atoms with van der Waals surface area (Å²) in [6, 6.07) is 25.6. The monoisotopic (exact) mass is 509 g/mol. The zero-order chi connectivity index (χ0) is 25.9. The normalized spacial score (nSPS) is 10.9. The van der Waals surface area contributed by atoms with Gasteiger partial charge in [-0.25, -0.2) is 4.98 Å². The number of anilines is 1. The maximum Gasteiger partial charge on any atom is 0.263 e. The fourth-order valence-electron chi connectivity index (χ4n) is 4.25. The van der Waals surface area contributed by atoms with E-state index in [-0.39, 0.29) is 5.91 Å². The molecule has 0 spiro atoms. The van der Waals surface area contributed by atoms with Crippen LogP contribution in [0.5, 0.6) is 11.5 Å². The van der Waals surface area contributed by atoms with Crippen molar-refractivity contribution in [1.29, 1.82) is 0 Å². The molecule has 0 fully saturated rings. The van der Waals surface area contributed by atoms with E-state index in [0.29, 0.717) is 33.4 Å². The SMILES string of the molecule is COc1ccc(OC)c(-c2cc(-c3ccccc3)nc3sc(C(=O)NCc4ccc(C)cc4)c(N)c23)c1. The molecule has 5 rings (SSSR count). The van der Waals surface area contributed by atoms with E-state index in [0.717, 1.165) is 33.3 Å². The second-order valence-corrected chi connectivity index (χ2v) is 9.68. The lowest BCUT2D eigenvalue weighted by molar-refractivity contribution is 0.0956. The third-order valence-corrected chi connectivity index (χ3v) is 7.34. The number of hydrogen-bond donors (Lipinski definition) is 2. The Morgan fingerprint density at radius 2 is 1.70 bits per heavy atom. The highest BCUT2D eigenvalue weighted by atomic mass is 32.1. The molecule has 0 aliphatic heterocycles. The minimum atomic E-state index is -0.231. The highest BCUT2D eigenvalue weighted by Crippen LogP contribution is 2.44. The number of amides is 1. The van der Waals surface area contributed by atoms with E-state index in [9.17, 15) is 4.79 Å². The van der Waals surface area contributed by atoms with Crippen molar-refractivity contribution in [2.45, 2.75) is 13.5 Å². The molecule has 5 aromatic rings. The van der Waals surface area contributed by atoms with Gasteiger partial charge in [-0.3, -0.25) is 4.79 Å². The number of aromatic nitrogens is 1. The fourth-order valence-corrected chi connectivity index (χ4v) is 5.29. The Morgan fingerprint density at radius 1 is 0.946 bits per heavy atom. The Balaban J connectivity index is 1.64. The number of carbonyl (C=O) groups is 1. The summed E-state index contributed by atoms with van der Waals surface area (Å²) in [6.07, 6.45) is 0. The van der Waals surface area contributed by atoms with Crippen LogP contribution >= 0.6 is 11.3 Å². The topological polar surface area (TPSA) is 86.5 Å². The third kappa shape index (κ3) is 4.86. The molecule has 0 unspecified atom stereocenters. The second-order valence-electron chi connectivity index (χ2n) is 8.68. The molecule has 7 heteroatoms. The van der Waals surface area contributed by atoms with E-state index in [1.54, 1.807) is 14.2 Å². The predicted octanol–water partition coefficient (Wildman–Crippen LogP) is 6.47. The number of pyridine rings is 1. The summed E-state index contributed by atoms with van der Waals surface area (Å²) in [6.45, 7) is 2.44. The Bertz CT molecular complexity index is 1580. The Hall–Kier alpha value is -4.36. The van der Waals surface area contributed by atoms with Crippen LogP contribution in [0.4, 0.5) is 5.69 Å². The fraction of sp³-hybridized carbons (Fsp3) is 0.133. The van der Waals surface area contributed by atoms with Gasteiger partial charge in [-0.05, 0) is 36.8 Å². The van der Waals surface area contributed by atoms with Gasteiger partial charge in [0.2, 0.25) is 0 Å². The van der Waals surface area contributed by atoms with Crippen molar-refractivity contribution in [3.63, 3.8) is 0 Å². The first-order valence-electron chi connectivity index (χ1n) is 11.8. The highest BCUT2D eigenvalue weighted by Gasteiger charge is 2.23. The number of rotatable bonds is 7. The second kappa shape index (κ2) is 10.3. The van der Waals surface area contributed by atoms with Crippen LogP contribution in [0.25, 0.3) is 32.6 Å². The standard InChI is InChI=1S/C30H27N3O3S/c1-18-9-11-19(12-10-18)17-32-29(34)28-27(31)26-23(22-15-21(35-2)13-14-25(22)36-3)16-24(33-30(26)37-28)20-7-5-4-6-8-20/h4-16H,17,31H2,1-3H3,(H,32,34). The van der Waals surface area contributed by atoms with Crippen molar-refractivity contribution < 1.29 is 14.3 Å². The van der Waals surface area contributed by atoms with E-state index >= 15 is 0 Å². The Morgan fingerprint density at radius 3 is 2.41 bits per heavy atom. The van der Waals surface area contributed by atoms with Gasteiger partial charge in [0.05, 0.1) is 25.6 Å². The summed E-state index contributed by atoms with van der Waals surface area (Å²) in [4.78, 5) is 19.3. The first kappa shape index (κ1) is 24.3. The van der Waals surface area contributed by atoms with Gasteiger partial charge in [-0.15, -0.1) is 11.3 Å². The Kier molecular flexibility index (Phi) is 6.79. The molecule has 186 valence electrons. The van der Waals surface area contributed by atoms with Crippen molar-refractivity contribution in [3.05, 3.63) is 94.9 Å². The quantitative estimate of drug-likeness (QED) is 0.263. The van der Waals surface area contributed by atoms with Gasteiger partial charge in [0.25, 0.3) is 5.91 Å². The molecular formula is C30H27N3O3S. The van der Waals surface area contributed by atoms with Crippen LogP contribution in [0, 0.1) is 6.92 Å². The van der Waals surface area contributed by atoms with Gasteiger partial charge in [-0.1, -0.05) is 60.2 Å². The molecule has 3 N–H and O–H groups in total. The lowest BCUT2D eigenvalue weighted by Gasteiger charge is -2.14. The molecule has 0 aliphatic rings. The van der Waals surface area contributed by atoms with Crippen LogP contribution in [0.2, 0.25) is 0 Å². The molecule has 0 aliphatic carbocycles. The summed E-state index contributed by atoms with van der Waals surface area (Å²) < 4.78 is 11.2. The zero-order valence-electron chi connectivity index (χ0n) is 20.9. The summed E-state index contributed by atoms with van der Waals surface area (Å²) in [5.41, 5.74) is 12.6. The minimum absolute atomic E-state index is 0.231. The summed E-state index contributed by atoms with van der Waals surface area (Å²) in [7, 11) is 3.25. The number of nitrogens with two attached hydrogens (primary N) is 1. The smallest absolute Gasteiger partial charge is 0.263 e. The number of benzene rings is 3. The van der Waals surface area contributed by atoms with Crippen LogP contribution in [-0.4, -0.2) is 25.1 Å². The van der Waals surface area contributed by atoms with E-state index < -0.39 is 0 Å². The molecule has 0 atom stereocenters. The van der Waals surface area contributed by atoms with Gasteiger partial charge >= 0.3 is 0 Å². The third-order valence-electron chi connectivity index (χ3n) is 6.25. The molecule has 6 nitrogen and oxygen atoms in total. The van der Waals surface area contributed by atoms with E-state index in [1.165, 1.54) is 16.9 Å². The molecule has 1 amide bonds. The van der Waals surface area contributed by atoms with Crippen molar-refractivity contribution in [3.8, 4) is 33.9 Å². The molecule has 0 bridgehead atoms. The molecule has 0 radical (unpaired) electrons. The molecule has 2 aromatic heterocycles. The van der Waals surface area contributed by atoms with Gasteiger partial charge in [0.1, 0.15) is 21.2 Å². The first-order valence-corrected chi connectivity index (χ1v) is 12.6. The molecular weight excluding hydrogens is 482 g/mol. The number of carbonyl (C=O) groups excluding carboxylic acids is 1. The molecule has 0 saturated heterocycles. The number of hydrogen-bond acceptors (Lipinski definition) is 6. The zero-order valence-corrected chi connectivity index (χ0v) is 21.7. The molecule has 2 heterocycles. The maximum absolute atomic E-state index is 13.2. The number of nitrogens with one attached hydrogen (secondary N) is 1. The summed E-state index contributed by atoms with van der Waals surface area (Å²) >= 11 is 1.29. The number of methoxy groups -OCH3 is 2. The number of nitrogens with zero attached hydrogens (tertiary/aromatic N) is 1. The maximum atomic E-state index is 13.2. The van der Waals surface area contributed by atoms with Gasteiger partial charge in [-0.2, -0.15) is 0 Å². The molecule has 0 saturated carbocycles. The average Bonchev–Trinajstić information content (AvgIpc) is 3.28. The van der Waals surface area contributed by atoms with Crippen molar-refractivity contribution in [2.24, 2.45) is 0 Å². The summed E-state index contributed by atoms with van der Waals surface area (Å²) in [5, 5.41) is 3.72.